The summed E-state index contributed by atoms with van der Waals surface area (Å²) in [5.74, 6) is -1.04. The monoisotopic (exact) mass is 306 g/mol. The van der Waals surface area contributed by atoms with Crippen LogP contribution in [-0.2, 0) is 15.0 Å². The van der Waals surface area contributed by atoms with Crippen LogP contribution in [0.2, 0.25) is 0 Å². The smallest absolute Gasteiger partial charge is 0.306 e. The number of carboxylic acid groups (broad SMARTS) is 1. The van der Waals surface area contributed by atoms with Gasteiger partial charge in [0.15, 0.2) is 0 Å². The molecule has 1 aliphatic heterocycles. The summed E-state index contributed by atoms with van der Waals surface area (Å²) in [6.07, 6.45) is 0.760. The highest BCUT2D eigenvalue weighted by Crippen LogP contribution is 2.25. The molecule has 0 aromatic rings. The van der Waals surface area contributed by atoms with Gasteiger partial charge in [-0.2, -0.15) is 12.7 Å². The van der Waals surface area contributed by atoms with E-state index in [-0.39, 0.29) is 24.4 Å². The van der Waals surface area contributed by atoms with Crippen molar-refractivity contribution in [3.05, 3.63) is 0 Å². The fraction of sp³-hybridized carbons (Fsp3) is 0.923. The Balaban J connectivity index is 2.52. The summed E-state index contributed by atoms with van der Waals surface area (Å²) in [6, 6.07) is 0. The third kappa shape index (κ3) is 4.71. The molecule has 0 bridgehead atoms. The van der Waals surface area contributed by atoms with Gasteiger partial charge >= 0.3 is 5.97 Å². The molecule has 0 aliphatic carbocycles. The molecule has 0 aromatic carbocycles. The number of hydrogen-bond acceptors (Lipinski definition) is 3. The molecule has 118 valence electrons. The fourth-order valence-electron chi connectivity index (χ4n) is 1.97. The van der Waals surface area contributed by atoms with Gasteiger partial charge in [0, 0.05) is 19.6 Å². The molecule has 1 aliphatic rings. The van der Waals surface area contributed by atoms with Gasteiger partial charge in [-0.05, 0) is 24.2 Å². The zero-order chi connectivity index (χ0) is 15.6. The van der Waals surface area contributed by atoms with E-state index in [1.54, 1.807) is 0 Å². The second-order valence-electron chi connectivity index (χ2n) is 6.63. The van der Waals surface area contributed by atoms with E-state index in [9.17, 15) is 13.2 Å². The van der Waals surface area contributed by atoms with Crippen molar-refractivity contribution < 1.29 is 18.3 Å². The van der Waals surface area contributed by atoms with E-state index in [0.717, 1.165) is 0 Å². The third-order valence-corrected chi connectivity index (χ3v) is 5.77. The van der Waals surface area contributed by atoms with Crippen LogP contribution in [0.4, 0.5) is 0 Å². The predicted molar refractivity (Wildman–Crippen MR) is 77.5 cm³/mol. The second-order valence-corrected chi connectivity index (χ2v) is 8.39. The molecule has 7 heteroatoms. The van der Waals surface area contributed by atoms with E-state index in [1.807, 2.05) is 6.92 Å². The highest BCUT2D eigenvalue weighted by Gasteiger charge is 2.31. The standard InChI is InChI=1S/C13H26N2O4S/c1-10(13(2,3)4)9-14-20(18,19)15-7-5-11(6-8-15)12(16)17/h10-11,14H,5-9H2,1-4H3,(H,16,17). The van der Waals surface area contributed by atoms with Crippen LogP contribution in [0.5, 0.6) is 0 Å². The van der Waals surface area contributed by atoms with E-state index in [0.29, 0.717) is 19.4 Å². The molecule has 0 aromatic heterocycles. The molecule has 1 heterocycles. The van der Waals surface area contributed by atoms with Crippen molar-refractivity contribution in [1.82, 2.24) is 9.03 Å². The van der Waals surface area contributed by atoms with Crippen molar-refractivity contribution in [2.75, 3.05) is 19.6 Å². The first kappa shape index (κ1) is 17.4. The Morgan fingerprint density at radius 1 is 1.35 bits per heavy atom. The molecule has 1 fully saturated rings. The largest absolute Gasteiger partial charge is 0.481 e. The van der Waals surface area contributed by atoms with Crippen molar-refractivity contribution in [2.45, 2.75) is 40.5 Å². The van der Waals surface area contributed by atoms with Gasteiger partial charge in [0.25, 0.3) is 10.2 Å². The van der Waals surface area contributed by atoms with E-state index in [2.05, 4.69) is 25.5 Å². The summed E-state index contributed by atoms with van der Waals surface area (Å²) >= 11 is 0. The average Bonchev–Trinajstić information content (AvgIpc) is 2.35. The van der Waals surface area contributed by atoms with Gasteiger partial charge in [0.2, 0.25) is 0 Å². The predicted octanol–water partition coefficient (Wildman–Crippen LogP) is 1.30. The highest BCUT2D eigenvalue weighted by atomic mass is 32.2. The molecule has 1 atom stereocenters. The number of carboxylic acids is 1. The minimum atomic E-state index is -3.50. The van der Waals surface area contributed by atoms with Crippen LogP contribution in [0, 0.1) is 17.3 Å². The van der Waals surface area contributed by atoms with Crippen molar-refractivity contribution in [3.63, 3.8) is 0 Å². The molecular formula is C13H26N2O4S. The van der Waals surface area contributed by atoms with Gasteiger partial charge in [0.1, 0.15) is 0 Å². The first-order valence-corrected chi connectivity index (χ1v) is 8.45. The lowest BCUT2D eigenvalue weighted by atomic mass is 9.82. The number of nitrogens with one attached hydrogen (secondary N) is 1. The van der Waals surface area contributed by atoms with E-state index in [1.165, 1.54) is 4.31 Å². The van der Waals surface area contributed by atoms with Crippen molar-refractivity contribution in [2.24, 2.45) is 17.3 Å². The minimum Gasteiger partial charge on any atom is -0.481 e. The second kappa shape index (κ2) is 6.41. The summed E-state index contributed by atoms with van der Waals surface area (Å²) in [5, 5.41) is 8.91. The van der Waals surface area contributed by atoms with Crippen molar-refractivity contribution in [1.29, 1.82) is 0 Å². The maximum absolute atomic E-state index is 12.2. The first-order valence-electron chi connectivity index (χ1n) is 7.01. The summed E-state index contributed by atoms with van der Waals surface area (Å²) in [7, 11) is -3.50. The van der Waals surface area contributed by atoms with Crippen LogP contribution in [0.25, 0.3) is 0 Å². The highest BCUT2D eigenvalue weighted by molar-refractivity contribution is 7.87. The van der Waals surface area contributed by atoms with E-state index < -0.39 is 22.1 Å². The van der Waals surface area contributed by atoms with Gasteiger partial charge < -0.3 is 5.11 Å². The average molecular weight is 306 g/mol. The molecule has 6 nitrogen and oxygen atoms in total. The van der Waals surface area contributed by atoms with Gasteiger partial charge in [-0.1, -0.05) is 27.7 Å². The zero-order valence-electron chi connectivity index (χ0n) is 12.7. The Kier molecular flexibility index (Phi) is 5.57. The summed E-state index contributed by atoms with van der Waals surface area (Å²) in [6.45, 7) is 9.18. The first-order chi connectivity index (χ1) is 9.04. The summed E-state index contributed by atoms with van der Waals surface area (Å²) < 4.78 is 28.3. The van der Waals surface area contributed by atoms with Gasteiger partial charge in [0.05, 0.1) is 5.92 Å². The molecule has 20 heavy (non-hydrogen) atoms. The van der Waals surface area contributed by atoms with Gasteiger partial charge in [-0.25, -0.2) is 4.72 Å². The Morgan fingerprint density at radius 3 is 2.25 bits per heavy atom. The Morgan fingerprint density at radius 2 is 1.85 bits per heavy atom. The Hall–Kier alpha value is -0.660. The molecule has 0 amide bonds. The molecular weight excluding hydrogens is 280 g/mol. The van der Waals surface area contributed by atoms with Crippen LogP contribution in [0.3, 0.4) is 0 Å². The summed E-state index contributed by atoms with van der Waals surface area (Å²) in [5.41, 5.74) is 0.0405. The minimum absolute atomic E-state index is 0.0405. The van der Waals surface area contributed by atoms with Crippen molar-refractivity contribution in [3.8, 4) is 0 Å². The third-order valence-electron chi connectivity index (χ3n) is 4.19. The lowest BCUT2D eigenvalue weighted by Gasteiger charge is -2.31. The number of hydrogen-bond donors (Lipinski definition) is 2. The summed E-state index contributed by atoms with van der Waals surface area (Å²) in [4.78, 5) is 10.9. The maximum atomic E-state index is 12.2. The number of nitrogens with zero attached hydrogens (tertiary/aromatic N) is 1. The van der Waals surface area contributed by atoms with Crippen LogP contribution < -0.4 is 4.72 Å². The molecule has 0 radical (unpaired) electrons. The lowest BCUT2D eigenvalue weighted by Crippen LogP contribution is -2.47. The van der Waals surface area contributed by atoms with Crippen LogP contribution in [0.1, 0.15) is 40.5 Å². The molecule has 0 saturated carbocycles. The van der Waals surface area contributed by atoms with Crippen LogP contribution in [0.15, 0.2) is 0 Å². The van der Waals surface area contributed by atoms with Crippen LogP contribution in [-0.4, -0.2) is 43.4 Å². The quantitative estimate of drug-likeness (QED) is 0.801. The van der Waals surface area contributed by atoms with Gasteiger partial charge in [-0.15, -0.1) is 0 Å². The maximum Gasteiger partial charge on any atom is 0.306 e. The zero-order valence-corrected chi connectivity index (χ0v) is 13.5. The molecule has 1 rings (SSSR count). The topological polar surface area (TPSA) is 86.7 Å². The number of rotatable bonds is 5. The van der Waals surface area contributed by atoms with Crippen LogP contribution >= 0.6 is 0 Å². The SMILES string of the molecule is CC(CNS(=O)(=O)N1CCC(C(=O)O)CC1)C(C)(C)C. The van der Waals surface area contributed by atoms with Gasteiger partial charge in [-0.3, -0.25) is 4.79 Å². The number of aliphatic carboxylic acids is 1. The Labute approximate surface area is 121 Å². The fourth-order valence-corrected chi connectivity index (χ4v) is 3.31. The number of carbonyl (C=O) groups is 1. The van der Waals surface area contributed by atoms with E-state index >= 15 is 0 Å². The van der Waals surface area contributed by atoms with Crippen molar-refractivity contribution >= 4 is 16.2 Å². The Bertz CT molecular complexity index is 434. The lowest BCUT2D eigenvalue weighted by molar-refractivity contribution is -0.142. The molecule has 1 saturated heterocycles. The van der Waals surface area contributed by atoms with E-state index in [4.69, 9.17) is 5.11 Å². The molecule has 1 unspecified atom stereocenters. The molecule has 0 spiro atoms. The molecule has 2 N–H and O–H groups in total. The normalized spacial score (nSPS) is 20.8. The number of piperidine rings is 1.